The molecule has 0 spiro atoms. The topological polar surface area (TPSA) is 73.1 Å². The van der Waals surface area contributed by atoms with Gasteiger partial charge in [-0.3, -0.25) is 4.79 Å². The van der Waals surface area contributed by atoms with E-state index < -0.39 is 0 Å². The van der Waals surface area contributed by atoms with Crippen LogP contribution in [0.2, 0.25) is 0 Å². The minimum Gasteiger partial charge on any atom is -0.492 e. The Bertz CT molecular complexity index is 1070. The van der Waals surface area contributed by atoms with Crippen LogP contribution in [0.3, 0.4) is 0 Å². The summed E-state index contributed by atoms with van der Waals surface area (Å²) >= 11 is 0. The number of benzene rings is 2. The van der Waals surface area contributed by atoms with Gasteiger partial charge in [0.05, 0.1) is 12.7 Å². The second kappa shape index (κ2) is 8.92. The Morgan fingerprint density at radius 2 is 2.03 bits per heavy atom. The van der Waals surface area contributed by atoms with Gasteiger partial charge in [0.1, 0.15) is 22.6 Å². The van der Waals surface area contributed by atoms with Crippen molar-refractivity contribution in [3.63, 3.8) is 0 Å². The third kappa shape index (κ3) is 4.49. The number of carbonyl (C=O) groups is 1. The largest absolute Gasteiger partial charge is 0.492 e. The molecular weight excluding hydrogens is 368 g/mol. The summed E-state index contributed by atoms with van der Waals surface area (Å²) in [6.45, 7) is 3.67. The van der Waals surface area contributed by atoms with Crippen LogP contribution in [0.15, 0.2) is 64.0 Å². The number of carbonyl (C=O) groups excluding carboxylic acids is 1. The molecule has 6 heteroatoms. The minimum absolute atomic E-state index is 0.0652. The summed E-state index contributed by atoms with van der Waals surface area (Å²) in [4.78, 5) is 17.6. The number of nitrogens with zero attached hydrogens (tertiary/aromatic N) is 1. The molecule has 150 valence electrons. The Morgan fingerprint density at radius 3 is 2.86 bits per heavy atom. The zero-order valence-corrected chi connectivity index (χ0v) is 16.4. The lowest BCUT2D eigenvalue weighted by Gasteiger charge is -2.11. The molecule has 0 unspecified atom stereocenters. The highest BCUT2D eigenvalue weighted by atomic mass is 16.5. The fourth-order valence-corrected chi connectivity index (χ4v) is 3.36. The lowest BCUT2D eigenvalue weighted by molar-refractivity contribution is 0.0854. The fourth-order valence-electron chi connectivity index (χ4n) is 3.36. The summed E-state index contributed by atoms with van der Waals surface area (Å²) in [7, 11) is 0. The average molecular weight is 392 g/mol. The normalized spacial score (nSPS) is 16.9. The van der Waals surface area contributed by atoms with Crippen molar-refractivity contribution in [2.24, 2.45) is 4.99 Å². The quantitative estimate of drug-likeness (QED) is 0.689. The van der Waals surface area contributed by atoms with Crippen LogP contribution >= 0.6 is 0 Å². The van der Waals surface area contributed by atoms with Crippen molar-refractivity contribution in [1.29, 1.82) is 0 Å². The molecule has 1 aliphatic heterocycles. The van der Waals surface area contributed by atoms with E-state index in [1.165, 1.54) is 0 Å². The Morgan fingerprint density at radius 1 is 1.21 bits per heavy atom. The van der Waals surface area contributed by atoms with Crippen LogP contribution in [0, 0.1) is 0 Å². The molecule has 0 radical (unpaired) electrons. The van der Waals surface area contributed by atoms with Crippen molar-refractivity contribution < 1.29 is 18.7 Å². The highest BCUT2D eigenvalue weighted by Gasteiger charge is 2.18. The summed E-state index contributed by atoms with van der Waals surface area (Å²) in [5.41, 5.74) is 1.91. The van der Waals surface area contributed by atoms with Gasteiger partial charge in [0.15, 0.2) is 0 Å². The maximum atomic E-state index is 12.9. The molecule has 1 N–H and O–H groups in total. The molecule has 4 rings (SSSR count). The van der Waals surface area contributed by atoms with E-state index in [0.717, 1.165) is 24.8 Å². The average Bonchev–Trinajstić information content (AvgIpc) is 3.27. The summed E-state index contributed by atoms with van der Waals surface area (Å²) in [5.74, 6) is 0.409. The number of hydrogen-bond donors (Lipinski definition) is 1. The Hall–Kier alpha value is -3.12. The van der Waals surface area contributed by atoms with Gasteiger partial charge in [-0.15, -0.1) is 0 Å². The predicted octanol–water partition coefficient (Wildman–Crippen LogP) is 3.97. The van der Waals surface area contributed by atoms with E-state index in [1.807, 2.05) is 61.5 Å². The Labute approximate surface area is 169 Å². The first kappa shape index (κ1) is 19.2. The molecule has 1 atom stereocenters. The van der Waals surface area contributed by atoms with Gasteiger partial charge in [-0.1, -0.05) is 30.3 Å². The monoisotopic (exact) mass is 392 g/mol. The molecule has 1 fully saturated rings. The molecule has 0 aliphatic carbocycles. The third-order valence-corrected chi connectivity index (χ3v) is 4.80. The van der Waals surface area contributed by atoms with Gasteiger partial charge < -0.3 is 19.2 Å². The second-order valence-electron chi connectivity index (χ2n) is 6.86. The first-order chi connectivity index (χ1) is 14.2. The van der Waals surface area contributed by atoms with Crippen LogP contribution in [-0.2, 0) is 4.74 Å². The zero-order chi connectivity index (χ0) is 20.1. The SMILES string of the molecule is CCOc1ccccc1N=c1oc2ccccc2cc1C(=O)NC[C@@H]1CCCO1. The number of hydrogen-bond acceptors (Lipinski definition) is 5. The van der Waals surface area contributed by atoms with E-state index in [4.69, 9.17) is 13.9 Å². The molecule has 1 aromatic heterocycles. The Kier molecular flexibility index (Phi) is 5.91. The summed E-state index contributed by atoms with van der Waals surface area (Å²) in [6.07, 6.45) is 2.05. The van der Waals surface area contributed by atoms with Crippen LogP contribution in [-0.4, -0.2) is 31.8 Å². The van der Waals surface area contributed by atoms with Crippen LogP contribution in [0.5, 0.6) is 5.75 Å². The molecular formula is C23H24N2O4. The first-order valence-electron chi connectivity index (χ1n) is 9.94. The number of amides is 1. The lowest BCUT2D eigenvalue weighted by atomic mass is 10.1. The van der Waals surface area contributed by atoms with Gasteiger partial charge in [-0.25, -0.2) is 4.99 Å². The number of nitrogens with one attached hydrogen (secondary N) is 1. The first-order valence-corrected chi connectivity index (χ1v) is 9.94. The van der Waals surface area contributed by atoms with E-state index in [9.17, 15) is 4.79 Å². The minimum atomic E-state index is -0.234. The third-order valence-electron chi connectivity index (χ3n) is 4.80. The van der Waals surface area contributed by atoms with Crippen LogP contribution in [0.1, 0.15) is 30.1 Å². The molecule has 1 aliphatic rings. The molecule has 6 nitrogen and oxygen atoms in total. The van der Waals surface area contributed by atoms with Crippen LogP contribution in [0.25, 0.3) is 11.0 Å². The number of ether oxygens (including phenoxy) is 2. The summed E-state index contributed by atoms with van der Waals surface area (Å²) in [5, 5.41) is 3.80. The van der Waals surface area contributed by atoms with Gasteiger partial charge in [-0.2, -0.15) is 0 Å². The lowest BCUT2D eigenvalue weighted by Crippen LogP contribution is -2.34. The van der Waals surface area contributed by atoms with Crippen LogP contribution in [0.4, 0.5) is 5.69 Å². The van der Waals surface area contributed by atoms with E-state index in [2.05, 4.69) is 10.3 Å². The van der Waals surface area contributed by atoms with Gasteiger partial charge in [0, 0.05) is 18.5 Å². The van der Waals surface area contributed by atoms with Crippen molar-refractivity contribution in [2.75, 3.05) is 19.8 Å². The van der Waals surface area contributed by atoms with Crippen LogP contribution < -0.4 is 15.6 Å². The Balaban J connectivity index is 1.75. The predicted molar refractivity (Wildman–Crippen MR) is 110 cm³/mol. The van der Waals surface area contributed by atoms with Gasteiger partial charge in [0.25, 0.3) is 5.91 Å². The number of para-hydroxylation sites is 3. The fraction of sp³-hybridized carbons (Fsp3) is 0.304. The van der Waals surface area contributed by atoms with E-state index in [-0.39, 0.29) is 17.6 Å². The molecule has 1 amide bonds. The van der Waals surface area contributed by atoms with E-state index in [1.54, 1.807) is 0 Å². The number of fused-ring (bicyclic) bond motifs is 1. The van der Waals surface area contributed by atoms with Gasteiger partial charge in [-0.05, 0) is 44.0 Å². The smallest absolute Gasteiger partial charge is 0.256 e. The summed E-state index contributed by atoms with van der Waals surface area (Å²) < 4.78 is 17.3. The van der Waals surface area contributed by atoms with Crippen molar-refractivity contribution >= 4 is 22.6 Å². The molecule has 1 saturated heterocycles. The maximum Gasteiger partial charge on any atom is 0.256 e. The molecule has 3 aromatic rings. The molecule has 0 saturated carbocycles. The highest BCUT2D eigenvalue weighted by Crippen LogP contribution is 2.26. The highest BCUT2D eigenvalue weighted by molar-refractivity contribution is 5.96. The summed E-state index contributed by atoms with van der Waals surface area (Å²) in [6, 6.07) is 16.8. The van der Waals surface area contributed by atoms with Crippen molar-refractivity contribution in [3.05, 3.63) is 65.7 Å². The van der Waals surface area contributed by atoms with Crippen molar-refractivity contribution in [2.45, 2.75) is 25.9 Å². The molecule has 2 heterocycles. The zero-order valence-electron chi connectivity index (χ0n) is 16.4. The van der Waals surface area contributed by atoms with Gasteiger partial charge in [0.2, 0.25) is 5.55 Å². The van der Waals surface area contributed by atoms with Gasteiger partial charge >= 0.3 is 0 Å². The van der Waals surface area contributed by atoms with Crippen molar-refractivity contribution in [1.82, 2.24) is 5.32 Å². The maximum absolute atomic E-state index is 12.9. The second-order valence-corrected chi connectivity index (χ2v) is 6.86. The van der Waals surface area contributed by atoms with Crippen molar-refractivity contribution in [3.8, 4) is 5.75 Å². The van der Waals surface area contributed by atoms with E-state index in [0.29, 0.717) is 35.7 Å². The molecule has 2 aromatic carbocycles. The molecule has 29 heavy (non-hydrogen) atoms. The molecule has 0 bridgehead atoms. The standard InChI is InChI=1S/C23H24N2O4/c1-2-27-21-12-6-4-10-19(21)25-23-18(14-16-8-3-5-11-20(16)29-23)22(26)24-15-17-9-7-13-28-17/h3-6,8,10-12,14,17H,2,7,9,13,15H2,1H3,(H,24,26)/t17-/m0/s1. The van der Waals surface area contributed by atoms with E-state index >= 15 is 0 Å². The number of rotatable bonds is 6.